The van der Waals surface area contributed by atoms with Crippen molar-refractivity contribution in [1.82, 2.24) is 0 Å². The van der Waals surface area contributed by atoms with Crippen molar-refractivity contribution in [3.63, 3.8) is 0 Å². The van der Waals surface area contributed by atoms with Crippen molar-refractivity contribution in [1.29, 1.82) is 0 Å². The fourth-order valence-corrected chi connectivity index (χ4v) is 3.52. The van der Waals surface area contributed by atoms with Crippen molar-refractivity contribution in [3.8, 4) is 0 Å². The summed E-state index contributed by atoms with van der Waals surface area (Å²) in [5, 5.41) is 1.96. The first-order chi connectivity index (χ1) is 10.3. The maximum atomic E-state index is 3.88. The number of allylic oxidation sites excluding steroid dienone is 3. The lowest BCUT2D eigenvalue weighted by Gasteiger charge is -2.19. The fourth-order valence-electron chi connectivity index (χ4n) is 2.72. The molecule has 0 aromatic heterocycles. The van der Waals surface area contributed by atoms with Gasteiger partial charge < -0.3 is 0 Å². The molecule has 0 heterocycles. The van der Waals surface area contributed by atoms with Crippen LogP contribution in [0.25, 0.3) is 0 Å². The summed E-state index contributed by atoms with van der Waals surface area (Å²) in [7, 11) is 0. The van der Waals surface area contributed by atoms with Gasteiger partial charge in [-0.3, -0.25) is 0 Å². The van der Waals surface area contributed by atoms with Gasteiger partial charge in [-0.05, 0) is 29.1 Å². The van der Waals surface area contributed by atoms with Crippen molar-refractivity contribution in [2.75, 3.05) is 0 Å². The number of hydrogen-bond acceptors (Lipinski definition) is 1. The van der Waals surface area contributed by atoms with Gasteiger partial charge in [-0.1, -0.05) is 96.9 Å². The zero-order chi connectivity index (χ0) is 15.8. The van der Waals surface area contributed by atoms with E-state index in [2.05, 4.69) is 33.1 Å². The zero-order valence-corrected chi connectivity index (χ0v) is 15.2. The van der Waals surface area contributed by atoms with E-state index in [1.54, 1.807) is 11.8 Å². The molecule has 0 rings (SSSR count). The molecule has 0 amide bonds. The minimum atomic E-state index is 0.712. The predicted molar refractivity (Wildman–Crippen MR) is 102 cm³/mol. The highest BCUT2D eigenvalue weighted by Crippen LogP contribution is 2.33. The van der Waals surface area contributed by atoms with Crippen molar-refractivity contribution in [2.45, 2.75) is 84.5 Å². The summed E-state index contributed by atoms with van der Waals surface area (Å²) in [6.07, 6.45) is 19.1. The first-order valence-corrected chi connectivity index (χ1v) is 9.78. The van der Waals surface area contributed by atoms with Crippen LogP contribution in [0.2, 0.25) is 0 Å². The molecule has 0 spiro atoms. The summed E-state index contributed by atoms with van der Waals surface area (Å²) in [6.45, 7) is 12.3. The molecule has 0 bridgehead atoms. The first-order valence-electron chi connectivity index (χ1n) is 8.90. The Kier molecular flexibility index (Phi) is 15.6. The molecule has 0 aliphatic carbocycles. The molecule has 1 unspecified atom stereocenters. The van der Waals surface area contributed by atoms with Gasteiger partial charge in [-0.25, -0.2) is 0 Å². The Balaban J connectivity index is 4.32. The molecule has 0 saturated heterocycles. The Morgan fingerprint density at radius 3 is 1.86 bits per heavy atom. The van der Waals surface area contributed by atoms with Gasteiger partial charge in [-0.15, -0.1) is 11.8 Å². The lowest BCUT2D eigenvalue weighted by molar-refractivity contribution is 0.466. The smallest absolute Gasteiger partial charge is 0.00778 e. The summed E-state index contributed by atoms with van der Waals surface area (Å²) >= 11 is 1.79. The molecule has 0 aliphatic rings. The summed E-state index contributed by atoms with van der Waals surface area (Å²) in [5.41, 5.74) is 0. The summed E-state index contributed by atoms with van der Waals surface area (Å²) < 4.78 is 0. The normalized spacial score (nSPS) is 13.1. The standard InChI is InChI=1S/C20H36S/c1-5-9-11-13-15-18-19(17-14-12-10-6-2)20(16-7-3)21-8-4/h7-8,16,19H,3-6,9-15,17-18H2,1-2H3/b20-16-. The Morgan fingerprint density at radius 2 is 1.38 bits per heavy atom. The number of thioether (sulfide) groups is 1. The van der Waals surface area contributed by atoms with Crippen LogP contribution in [-0.2, 0) is 0 Å². The molecule has 0 radical (unpaired) electrons. The van der Waals surface area contributed by atoms with E-state index in [4.69, 9.17) is 0 Å². The number of hydrogen-bond donors (Lipinski definition) is 0. The monoisotopic (exact) mass is 308 g/mol. The molecular weight excluding hydrogens is 272 g/mol. The first kappa shape index (κ1) is 20.6. The highest BCUT2D eigenvalue weighted by molar-refractivity contribution is 8.05. The zero-order valence-electron chi connectivity index (χ0n) is 14.4. The second-order valence-electron chi connectivity index (χ2n) is 5.84. The average molecular weight is 309 g/mol. The maximum absolute atomic E-state index is 3.88. The van der Waals surface area contributed by atoms with Gasteiger partial charge in [0, 0.05) is 0 Å². The maximum Gasteiger partial charge on any atom is -0.00778 e. The summed E-state index contributed by atoms with van der Waals surface area (Å²) in [4.78, 5) is 1.46. The van der Waals surface area contributed by atoms with Gasteiger partial charge in [0.1, 0.15) is 0 Å². The van der Waals surface area contributed by atoms with Crippen LogP contribution >= 0.6 is 11.8 Å². The Hall–Kier alpha value is -0.430. The molecule has 1 atom stereocenters. The van der Waals surface area contributed by atoms with E-state index in [0.29, 0.717) is 5.92 Å². The highest BCUT2D eigenvalue weighted by Gasteiger charge is 2.13. The lowest BCUT2D eigenvalue weighted by Crippen LogP contribution is -2.03. The summed E-state index contributed by atoms with van der Waals surface area (Å²) in [6, 6.07) is 0. The van der Waals surface area contributed by atoms with Gasteiger partial charge in [0.2, 0.25) is 0 Å². The SMILES string of the molecule is C=C/C=C(\SC=C)C(CCCCCC)CCCCCCC. The molecule has 0 fully saturated rings. The van der Waals surface area contributed by atoms with E-state index < -0.39 is 0 Å². The molecule has 21 heavy (non-hydrogen) atoms. The van der Waals surface area contributed by atoms with Crippen LogP contribution in [0, 0.1) is 5.92 Å². The molecule has 0 aromatic rings. The van der Waals surface area contributed by atoms with Crippen LogP contribution in [0.1, 0.15) is 84.5 Å². The third kappa shape index (κ3) is 11.9. The largest absolute Gasteiger partial charge is 0.103 e. The van der Waals surface area contributed by atoms with Crippen LogP contribution in [0.5, 0.6) is 0 Å². The van der Waals surface area contributed by atoms with E-state index in [0.717, 1.165) is 0 Å². The van der Waals surface area contributed by atoms with Crippen LogP contribution in [0.3, 0.4) is 0 Å². The molecule has 0 N–H and O–H groups in total. The number of unbranched alkanes of at least 4 members (excludes halogenated alkanes) is 7. The van der Waals surface area contributed by atoms with Crippen LogP contribution in [-0.4, -0.2) is 0 Å². The molecule has 122 valence electrons. The molecule has 1 heteroatoms. The second-order valence-corrected chi connectivity index (χ2v) is 6.88. The third-order valence-electron chi connectivity index (χ3n) is 3.97. The van der Waals surface area contributed by atoms with Crippen LogP contribution in [0.15, 0.2) is 35.6 Å². The Morgan fingerprint density at radius 1 is 0.857 bits per heavy atom. The second kappa shape index (κ2) is 15.9. The lowest BCUT2D eigenvalue weighted by atomic mass is 9.93. The van der Waals surface area contributed by atoms with Gasteiger partial charge in [0.05, 0.1) is 0 Å². The van der Waals surface area contributed by atoms with E-state index in [1.165, 1.54) is 75.5 Å². The van der Waals surface area contributed by atoms with Gasteiger partial charge in [0.25, 0.3) is 0 Å². The third-order valence-corrected chi connectivity index (χ3v) is 4.87. The van der Waals surface area contributed by atoms with Crippen molar-refractivity contribution >= 4 is 11.8 Å². The van der Waals surface area contributed by atoms with Crippen molar-refractivity contribution in [3.05, 3.63) is 35.6 Å². The van der Waals surface area contributed by atoms with Crippen molar-refractivity contribution in [2.24, 2.45) is 5.92 Å². The quantitative estimate of drug-likeness (QED) is 0.219. The van der Waals surface area contributed by atoms with Gasteiger partial charge in [-0.2, -0.15) is 0 Å². The van der Waals surface area contributed by atoms with E-state index in [-0.39, 0.29) is 0 Å². The van der Waals surface area contributed by atoms with Gasteiger partial charge >= 0.3 is 0 Å². The molecule has 0 aromatic carbocycles. The molecule has 0 nitrogen and oxygen atoms in total. The van der Waals surface area contributed by atoms with Crippen LogP contribution < -0.4 is 0 Å². The predicted octanol–water partition coefficient (Wildman–Crippen LogP) is 7.88. The highest BCUT2D eigenvalue weighted by atomic mass is 32.2. The molecular formula is C20H36S. The minimum absolute atomic E-state index is 0.712. The van der Waals surface area contributed by atoms with E-state index in [1.807, 2.05) is 11.5 Å². The fraction of sp³-hybridized carbons (Fsp3) is 0.700. The Bertz CT molecular complexity index is 278. The topological polar surface area (TPSA) is 0 Å². The van der Waals surface area contributed by atoms with E-state index >= 15 is 0 Å². The van der Waals surface area contributed by atoms with Crippen molar-refractivity contribution < 1.29 is 0 Å². The average Bonchev–Trinajstić information content (AvgIpc) is 2.49. The Labute approximate surface area is 138 Å². The molecule has 0 aliphatic heterocycles. The van der Waals surface area contributed by atoms with Crippen LogP contribution in [0.4, 0.5) is 0 Å². The number of rotatable bonds is 15. The molecule has 0 saturated carbocycles. The minimum Gasteiger partial charge on any atom is -0.103 e. The van der Waals surface area contributed by atoms with E-state index in [9.17, 15) is 0 Å². The summed E-state index contributed by atoms with van der Waals surface area (Å²) in [5.74, 6) is 0.712. The van der Waals surface area contributed by atoms with Gasteiger partial charge in [0.15, 0.2) is 0 Å².